The molecule has 0 unspecified atom stereocenters. The predicted molar refractivity (Wildman–Crippen MR) is 96.2 cm³/mol. The molecule has 0 atom stereocenters. The van der Waals surface area contributed by atoms with Gasteiger partial charge in [-0.25, -0.2) is 13.4 Å². The summed E-state index contributed by atoms with van der Waals surface area (Å²) in [5, 5.41) is 3.19. The number of anilines is 2. The molecule has 24 heavy (non-hydrogen) atoms. The first-order valence-electron chi connectivity index (χ1n) is 7.83. The van der Waals surface area contributed by atoms with E-state index in [1.807, 2.05) is 0 Å². The quantitative estimate of drug-likeness (QED) is 0.714. The SMILES string of the molecule is CCCCNc1ccc(NS(=O)(=O)c2ccc(OC)c(C)c2)cn1. The van der Waals surface area contributed by atoms with Crippen LogP contribution in [0.15, 0.2) is 41.4 Å². The first-order chi connectivity index (χ1) is 11.5. The van der Waals surface area contributed by atoms with Crippen LogP contribution in [-0.4, -0.2) is 27.1 Å². The van der Waals surface area contributed by atoms with Gasteiger partial charge in [0, 0.05) is 6.54 Å². The Balaban J connectivity index is 2.10. The van der Waals surface area contributed by atoms with E-state index in [-0.39, 0.29) is 4.90 Å². The van der Waals surface area contributed by atoms with Crippen molar-refractivity contribution < 1.29 is 13.2 Å². The smallest absolute Gasteiger partial charge is 0.261 e. The number of hydrogen-bond acceptors (Lipinski definition) is 5. The second-order valence-electron chi connectivity index (χ2n) is 5.45. The van der Waals surface area contributed by atoms with E-state index in [9.17, 15) is 8.42 Å². The summed E-state index contributed by atoms with van der Waals surface area (Å²) >= 11 is 0. The van der Waals surface area contributed by atoms with E-state index in [0.29, 0.717) is 11.4 Å². The van der Waals surface area contributed by atoms with E-state index in [4.69, 9.17) is 4.74 Å². The van der Waals surface area contributed by atoms with Crippen LogP contribution in [0, 0.1) is 6.92 Å². The first-order valence-corrected chi connectivity index (χ1v) is 9.32. The third-order valence-electron chi connectivity index (χ3n) is 3.53. The van der Waals surface area contributed by atoms with Crippen LogP contribution in [0.5, 0.6) is 5.75 Å². The molecule has 130 valence electrons. The minimum absolute atomic E-state index is 0.186. The molecule has 0 aliphatic heterocycles. The van der Waals surface area contributed by atoms with Crippen molar-refractivity contribution in [1.29, 1.82) is 0 Å². The van der Waals surface area contributed by atoms with Gasteiger partial charge in [0.05, 0.1) is 23.9 Å². The van der Waals surface area contributed by atoms with Crippen molar-refractivity contribution in [2.24, 2.45) is 0 Å². The van der Waals surface area contributed by atoms with Crippen molar-refractivity contribution in [2.45, 2.75) is 31.6 Å². The first kappa shape index (κ1) is 18.1. The molecule has 0 saturated carbocycles. The van der Waals surface area contributed by atoms with Crippen LogP contribution < -0.4 is 14.8 Å². The number of benzene rings is 1. The molecule has 0 spiro atoms. The summed E-state index contributed by atoms with van der Waals surface area (Å²) in [5.41, 5.74) is 1.18. The normalized spacial score (nSPS) is 11.1. The predicted octanol–water partition coefficient (Wildman–Crippen LogP) is 3.41. The Labute approximate surface area is 143 Å². The zero-order chi connectivity index (χ0) is 17.6. The summed E-state index contributed by atoms with van der Waals surface area (Å²) in [6, 6.07) is 8.18. The Hall–Kier alpha value is -2.28. The number of nitrogens with one attached hydrogen (secondary N) is 2. The minimum Gasteiger partial charge on any atom is -0.496 e. The fourth-order valence-electron chi connectivity index (χ4n) is 2.18. The summed E-state index contributed by atoms with van der Waals surface area (Å²) in [7, 11) is -2.11. The van der Waals surface area contributed by atoms with Crippen molar-refractivity contribution in [3.63, 3.8) is 0 Å². The molecule has 1 aromatic carbocycles. The summed E-state index contributed by atoms with van der Waals surface area (Å²) < 4.78 is 32.6. The van der Waals surface area contributed by atoms with Gasteiger partial charge in [0.25, 0.3) is 10.0 Å². The van der Waals surface area contributed by atoms with Crippen LogP contribution in [0.3, 0.4) is 0 Å². The molecule has 0 aliphatic rings. The summed E-state index contributed by atoms with van der Waals surface area (Å²) in [5.74, 6) is 1.38. The molecule has 0 radical (unpaired) electrons. The number of hydrogen-bond donors (Lipinski definition) is 2. The van der Waals surface area contributed by atoms with Gasteiger partial charge in [-0.1, -0.05) is 13.3 Å². The number of unbranched alkanes of at least 4 members (excludes halogenated alkanes) is 1. The maximum atomic E-state index is 12.5. The van der Waals surface area contributed by atoms with E-state index in [1.165, 1.54) is 12.3 Å². The average molecular weight is 349 g/mol. The molecule has 0 fully saturated rings. The molecular weight excluding hydrogens is 326 g/mol. The van der Waals surface area contributed by atoms with Crippen molar-refractivity contribution in [3.05, 3.63) is 42.1 Å². The molecule has 7 heteroatoms. The average Bonchev–Trinajstić information content (AvgIpc) is 2.56. The molecule has 0 amide bonds. The number of aromatic nitrogens is 1. The third kappa shape index (κ3) is 4.61. The van der Waals surface area contributed by atoms with Crippen LogP contribution in [0.2, 0.25) is 0 Å². The lowest BCUT2D eigenvalue weighted by Gasteiger charge is -2.11. The van der Waals surface area contributed by atoms with Gasteiger partial charge in [0.15, 0.2) is 0 Å². The number of pyridine rings is 1. The second kappa shape index (κ2) is 8.01. The fourth-order valence-corrected chi connectivity index (χ4v) is 3.31. The lowest BCUT2D eigenvalue weighted by atomic mass is 10.2. The maximum Gasteiger partial charge on any atom is 0.261 e. The van der Waals surface area contributed by atoms with Gasteiger partial charge < -0.3 is 10.1 Å². The Morgan fingerprint density at radius 1 is 1.21 bits per heavy atom. The van der Waals surface area contributed by atoms with E-state index in [1.54, 1.807) is 38.3 Å². The highest BCUT2D eigenvalue weighted by molar-refractivity contribution is 7.92. The number of ether oxygens (including phenoxy) is 1. The maximum absolute atomic E-state index is 12.5. The highest BCUT2D eigenvalue weighted by Crippen LogP contribution is 2.23. The van der Waals surface area contributed by atoms with Gasteiger partial charge in [-0.15, -0.1) is 0 Å². The molecule has 6 nitrogen and oxygen atoms in total. The van der Waals surface area contributed by atoms with E-state index >= 15 is 0 Å². The molecule has 2 rings (SSSR count). The van der Waals surface area contributed by atoms with Crippen molar-refractivity contribution >= 4 is 21.5 Å². The number of sulfonamides is 1. The molecule has 2 N–H and O–H groups in total. The highest BCUT2D eigenvalue weighted by Gasteiger charge is 2.15. The van der Waals surface area contributed by atoms with Gasteiger partial charge in [-0.3, -0.25) is 4.72 Å². The highest BCUT2D eigenvalue weighted by atomic mass is 32.2. The van der Waals surface area contributed by atoms with Gasteiger partial charge in [-0.05, 0) is 49.2 Å². The third-order valence-corrected chi connectivity index (χ3v) is 4.91. The van der Waals surface area contributed by atoms with Crippen LogP contribution in [0.1, 0.15) is 25.3 Å². The van der Waals surface area contributed by atoms with E-state index in [2.05, 4.69) is 21.9 Å². The monoisotopic (exact) mass is 349 g/mol. The molecule has 1 aromatic heterocycles. The van der Waals surface area contributed by atoms with Gasteiger partial charge in [-0.2, -0.15) is 0 Å². The number of methoxy groups -OCH3 is 1. The lowest BCUT2D eigenvalue weighted by Crippen LogP contribution is -2.13. The Kier molecular flexibility index (Phi) is 6.03. The lowest BCUT2D eigenvalue weighted by molar-refractivity contribution is 0.411. The summed E-state index contributed by atoms with van der Waals surface area (Å²) in [4.78, 5) is 4.40. The Morgan fingerprint density at radius 2 is 2.00 bits per heavy atom. The van der Waals surface area contributed by atoms with Gasteiger partial charge in [0.2, 0.25) is 0 Å². The summed E-state index contributed by atoms with van der Waals surface area (Å²) in [6.45, 7) is 4.77. The Morgan fingerprint density at radius 3 is 2.58 bits per heavy atom. The standard InChI is InChI=1S/C17H23N3O3S/c1-4-5-10-18-17-9-6-14(12-19-17)20-24(21,22)15-7-8-16(23-3)13(2)11-15/h6-9,11-12,20H,4-5,10H2,1-3H3,(H,18,19). The number of aryl methyl sites for hydroxylation is 1. The molecule has 0 bridgehead atoms. The second-order valence-corrected chi connectivity index (χ2v) is 7.13. The van der Waals surface area contributed by atoms with Crippen molar-refractivity contribution in [1.82, 2.24) is 4.98 Å². The van der Waals surface area contributed by atoms with Crippen LogP contribution >= 0.6 is 0 Å². The summed E-state index contributed by atoms with van der Waals surface area (Å²) in [6.07, 6.45) is 3.67. The zero-order valence-electron chi connectivity index (χ0n) is 14.2. The topological polar surface area (TPSA) is 80.3 Å². The van der Waals surface area contributed by atoms with Crippen LogP contribution in [0.25, 0.3) is 0 Å². The fraction of sp³-hybridized carbons (Fsp3) is 0.353. The van der Waals surface area contributed by atoms with Crippen LogP contribution in [-0.2, 0) is 10.0 Å². The molecule has 1 heterocycles. The van der Waals surface area contributed by atoms with Crippen molar-refractivity contribution in [3.8, 4) is 5.75 Å². The molecule has 0 aliphatic carbocycles. The number of rotatable bonds is 8. The molecule has 2 aromatic rings. The molecular formula is C17H23N3O3S. The minimum atomic E-state index is -3.66. The number of nitrogens with zero attached hydrogens (tertiary/aromatic N) is 1. The van der Waals surface area contributed by atoms with E-state index in [0.717, 1.165) is 30.8 Å². The molecule has 0 saturated heterocycles. The zero-order valence-corrected chi connectivity index (χ0v) is 15.0. The van der Waals surface area contributed by atoms with Gasteiger partial charge >= 0.3 is 0 Å². The van der Waals surface area contributed by atoms with Gasteiger partial charge in [0.1, 0.15) is 11.6 Å². The van der Waals surface area contributed by atoms with Crippen LogP contribution in [0.4, 0.5) is 11.5 Å². The largest absolute Gasteiger partial charge is 0.496 e. The van der Waals surface area contributed by atoms with Crippen molar-refractivity contribution in [2.75, 3.05) is 23.7 Å². The van der Waals surface area contributed by atoms with E-state index < -0.39 is 10.0 Å². The Bertz CT molecular complexity index is 774.